The summed E-state index contributed by atoms with van der Waals surface area (Å²) in [5.74, 6) is 0.298. The van der Waals surface area contributed by atoms with Crippen molar-refractivity contribution in [1.29, 1.82) is 0 Å². The van der Waals surface area contributed by atoms with E-state index in [1.807, 2.05) is 13.8 Å². The average molecular weight is 300 g/mol. The summed E-state index contributed by atoms with van der Waals surface area (Å²) < 4.78 is 5.54. The minimum Gasteiger partial charge on any atom is -0.493 e. The van der Waals surface area contributed by atoms with E-state index < -0.39 is 0 Å². The molecule has 5 heteroatoms. The first-order valence-electron chi connectivity index (χ1n) is 6.97. The lowest BCUT2D eigenvalue weighted by molar-refractivity contribution is 0.0938. The zero-order valence-corrected chi connectivity index (χ0v) is 12.7. The van der Waals surface area contributed by atoms with Crippen molar-refractivity contribution < 1.29 is 14.6 Å². The van der Waals surface area contributed by atoms with Gasteiger partial charge >= 0.3 is 0 Å². The van der Waals surface area contributed by atoms with Crippen molar-refractivity contribution in [3.05, 3.63) is 28.8 Å². The lowest BCUT2D eigenvalue weighted by atomic mass is 10.1. The van der Waals surface area contributed by atoms with E-state index in [-0.39, 0.29) is 12.0 Å². The Morgan fingerprint density at radius 3 is 2.85 bits per heavy atom. The Morgan fingerprint density at radius 1 is 1.45 bits per heavy atom. The maximum absolute atomic E-state index is 12.1. The number of rotatable bonds is 8. The van der Waals surface area contributed by atoms with E-state index in [9.17, 15) is 9.90 Å². The normalized spacial score (nSPS) is 12.0. The van der Waals surface area contributed by atoms with Crippen molar-refractivity contribution in [2.45, 2.75) is 39.2 Å². The SMILES string of the molecule is CCCOc1ccc(Cl)cc1C(=O)NCCC(O)CC. The van der Waals surface area contributed by atoms with Gasteiger partial charge in [0.1, 0.15) is 5.75 Å². The highest BCUT2D eigenvalue weighted by Gasteiger charge is 2.13. The molecule has 1 atom stereocenters. The molecule has 0 aliphatic rings. The first-order valence-corrected chi connectivity index (χ1v) is 7.34. The molecule has 1 aromatic carbocycles. The smallest absolute Gasteiger partial charge is 0.255 e. The minimum atomic E-state index is -0.384. The van der Waals surface area contributed by atoms with Crippen LogP contribution in [0.3, 0.4) is 0 Å². The standard InChI is InChI=1S/C15H22ClNO3/c1-3-9-20-14-6-5-11(16)10-13(14)15(19)17-8-7-12(18)4-2/h5-6,10,12,18H,3-4,7-9H2,1-2H3,(H,17,19). The van der Waals surface area contributed by atoms with Gasteiger partial charge in [0, 0.05) is 11.6 Å². The number of carbonyl (C=O) groups excluding carboxylic acids is 1. The highest BCUT2D eigenvalue weighted by atomic mass is 35.5. The zero-order valence-electron chi connectivity index (χ0n) is 12.0. The van der Waals surface area contributed by atoms with E-state index in [0.717, 1.165) is 6.42 Å². The van der Waals surface area contributed by atoms with Gasteiger partial charge in [0.15, 0.2) is 0 Å². The van der Waals surface area contributed by atoms with Gasteiger partial charge in [-0.15, -0.1) is 0 Å². The zero-order chi connectivity index (χ0) is 15.0. The molecule has 4 nitrogen and oxygen atoms in total. The van der Waals surface area contributed by atoms with Crippen LogP contribution in [0.5, 0.6) is 5.75 Å². The monoisotopic (exact) mass is 299 g/mol. The van der Waals surface area contributed by atoms with Gasteiger partial charge in [-0.2, -0.15) is 0 Å². The van der Waals surface area contributed by atoms with Crippen LogP contribution in [0.4, 0.5) is 0 Å². The molecule has 0 fully saturated rings. The summed E-state index contributed by atoms with van der Waals surface area (Å²) in [4.78, 5) is 12.1. The second kappa shape index (κ2) is 8.82. The fourth-order valence-electron chi connectivity index (χ4n) is 1.67. The molecule has 1 rings (SSSR count). The van der Waals surface area contributed by atoms with E-state index in [4.69, 9.17) is 16.3 Å². The number of aliphatic hydroxyl groups is 1. The van der Waals surface area contributed by atoms with E-state index >= 15 is 0 Å². The number of hydrogen-bond donors (Lipinski definition) is 2. The third kappa shape index (κ3) is 5.39. The Morgan fingerprint density at radius 2 is 2.20 bits per heavy atom. The summed E-state index contributed by atoms with van der Waals surface area (Å²) >= 11 is 5.93. The Balaban J connectivity index is 2.67. The molecule has 2 N–H and O–H groups in total. The Bertz CT molecular complexity index is 437. The number of hydrogen-bond acceptors (Lipinski definition) is 3. The number of aliphatic hydroxyl groups excluding tert-OH is 1. The van der Waals surface area contributed by atoms with Gasteiger partial charge in [-0.3, -0.25) is 4.79 Å². The van der Waals surface area contributed by atoms with E-state index in [1.54, 1.807) is 18.2 Å². The van der Waals surface area contributed by atoms with Gasteiger partial charge in [0.2, 0.25) is 0 Å². The summed E-state index contributed by atoms with van der Waals surface area (Å²) in [5.41, 5.74) is 0.428. The fraction of sp³-hybridized carbons (Fsp3) is 0.533. The lowest BCUT2D eigenvalue weighted by Gasteiger charge is -2.12. The molecule has 112 valence electrons. The van der Waals surface area contributed by atoms with Crippen LogP contribution in [-0.4, -0.2) is 30.3 Å². The van der Waals surface area contributed by atoms with Crippen LogP contribution in [-0.2, 0) is 0 Å². The second-order valence-corrected chi connectivity index (χ2v) is 5.03. The van der Waals surface area contributed by atoms with Crippen LogP contribution in [0.15, 0.2) is 18.2 Å². The van der Waals surface area contributed by atoms with Gasteiger partial charge in [-0.05, 0) is 37.5 Å². The van der Waals surface area contributed by atoms with Crippen LogP contribution >= 0.6 is 11.6 Å². The first-order chi connectivity index (χ1) is 9.58. The van der Waals surface area contributed by atoms with Crippen molar-refractivity contribution in [1.82, 2.24) is 5.32 Å². The summed E-state index contributed by atoms with van der Waals surface area (Å²) in [6.07, 6.45) is 1.70. The van der Waals surface area contributed by atoms with Gasteiger partial charge in [-0.25, -0.2) is 0 Å². The fourth-order valence-corrected chi connectivity index (χ4v) is 1.84. The molecule has 1 unspecified atom stereocenters. The maximum Gasteiger partial charge on any atom is 0.255 e. The van der Waals surface area contributed by atoms with Crippen LogP contribution in [0.25, 0.3) is 0 Å². The van der Waals surface area contributed by atoms with Crippen LogP contribution in [0.1, 0.15) is 43.5 Å². The van der Waals surface area contributed by atoms with Gasteiger partial charge < -0.3 is 15.2 Å². The van der Waals surface area contributed by atoms with Crippen molar-refractivity contribution in [3.8, 4) is 5.75 Å². The summed E-state index contributed by atoms with van der Waals surface area (Å²) in [7, 11) is 0. The van der Waals surface area contributed by atoms with Gasteiger partial charge in [0.25, 0.3) is 5.91 Å². The molecule has 0 aliphatic heterocycles. The second-order valence-electron chi connectivity index (χ2n) is 4.60. The van der Waals surface area contributed by atoms with Crippen molar-refractivity contribution in [2.24, 2.45) is 0 Å². The molecule has 0 bridgehead atoms. The number of amides is 1. The molecule has 0 saturated heterocycles. The molecule has 0 radical (unpaired) electrons. The molecule has 1 amide bonds. The minimum absolute atomic E-state index is 0.234. The highest BCUT2D eigenvalue weighted by molar-refractivity contribution is 6.31. The predicted octanol–water partition coefficient (Wildman–Crippen LogP) is 3.02. The predicted molar refractivity (Wildman–Crippen MR) is 80.5 cm³/mol. The van der Waals surface area contributed by atoms with E-state index in [1.165, 1.54) is 0 Å². The molecule has 20 heavy (non-hydrogen) atoms. The topological polar surface area (TPSA) is 58.6 Å². The molecule has 0 aliphatic carbocycles. The van der Waals surface area contributed by atoms with Crippen molar-refractivity contribution >= 4 is 17.5 Å². The molecule has 0 saturated carbocycles. The molecule has 0 spiro atoms. The number of benzene rings is 1. The number of ether oxygens (including phenoxy) is 1. The third-order valence-electron chi connectivity index (χ3n) is 2.88. The summed E-state index contributed by atoms with van der Waals surface area (Å²) in [5, 5.41) is 12.7. The molecular formula is C15H22ClNO3. The van der Waals surface area contributed by atoms with Crippen LogP contribution in [0, 0.1) is 0 Å². The largest absolute Gasteiger partial charge is 0.493 e. The molecular weight excluding hydrogens is 278 g/mol. The molecule has 0 aromatic heterocycles. The lowest BCUT2D eigenvalue weighted by Crippen LogP contribution is -2.27. The van der Waals surface area contributed by atoms with Crippen molar-refractivity contribution in [2.75, 3.05) is 13.2 Å². The first kappa shape index (κ1) is 16.8. The van der Waals surface area contributed by atoms with Gasteiger partial charge in [-0.1, -0.05) is 25.4 Å². The van der Waals surface area contributed by atoms with Crippen LogP contribution < -0.4 is 10.1 Å². The molecule has 0 heterocycles. The number of carbonyl (C=O) groups is 1. The Hall–Kier alpha value is -1.26. The maximum atomic E-state index is 12.1. The van der Waals surface area contributed by atoms with E-state index in [2.05, 4.69) is 5.32 Å². The average Bonchev–Trinajstić information content (AvgIpc) is 2.45. The quantitative estimate of drug-likeness (QED) is 0.776. The number of halogens is 1. The number of nitrogens with one attached hydrogen (secondary N) is 1. The van der Waals surface area contributed by atoms with E-state index in [0.29, 0.717) is 42.3 Å². The summed E-state index contributed by atoms with van der Waals surface area (Å²) in [6, 6.07) is 5.00. The van der Waals surface area contributed by atoms with Crippen molar-refractivity contribution in [3.63, 3.8) is 0 Å². The third-order valence-corrected chi connectivity index (χ3v) is 3.12. The molecule has 1 aromatic rings. The highest BCUT2D eigenvalue weighted by Crippen LogP contribution is 2.23. The van der Waals surface area contributed by atoms with Crippen LogP contribution in [0.2, 0.25) is 5.02 Å². The Labute approximate surface area is 125 Å². The Kier molecular flexibility index (Phi) is 7.41. The summed E-state index contributed by atoms with van der Waals surface area (Å²) in [6.45, 7) is 4.88. The van der Waals surface area contributed by atoms with Gasteiger partial charge in [0.05, 0.1) is 18.3 Å².